The molecule has 2 nitrogen and oxygen atoms in total. The van der Waals surface area contributed by atoms with Gasteiger partial charge in [-0.2, -0.15) is 17.0 Å². The van der Waals surface area contributed by atoms with Gasteiger partial charge in [0.25, 0.3) is 0 Å². The Labute approximate surface area is 99.0 Å². The van der Waals surface area contributed by atoms with E-state index in [1.54, 1.807) is 0 Å². The van der Waals surface area contributed by atoms with Gasteiger partial charge >= 0.3 is 6.36 Å². The number of ether oxygens (including phenoxy) is 1. The molecule has 0 aliphatic rings. The Hall–Kier alpha value is -1.02. The van der Waals surface area contributed by atoms with Crippen molar-refractivity contribution < 1.29 is 26.7 Å². The number of hydrogen-bond acceptors (Lipinski definition) is 3. The molecule has 0 aromatic heterocycles. The lowest BCUT2D eigenvalue weighted by Gasteiger charge is -2.14. The number of halogens is 5. The van der Waals surface area contributed by atoms with Crippen LogP contribution in [0.4, 0.5) is 22.0 Å². The maximum absolute atomic E-state index is 13.3. The van der Waals surface area contributed by atoms with Crippen molar-refractivity contribution in [2.24, 2.45) is 5.73 Å². The maximum atomic E-state index is 13.3. The van der Waals surface area contributed by atoms with Crippen LogP contribution in [0.2, 0.25) is 0 Å². The van der Waals surface area contributed by atoms with E-state index in [2.05, 4.69) is 17.4 Å². The summed E-state index contributed by atoms with van der Waals surface area (Å²) in [7, 11) is 0. The van der Waals surface area contributed by atoms with E-state index in [0.717, 1.165) is 6.07 Å². The smallest absolute Gasteiger partial charge is 0.403 e. The molecule has 0 saturated heterocycles. The monoisotopic (exact) mass is 273 g/mol. The maximum Gasteiger partial charge on any atom is 0.573 e. The summed E-state index contributed by atoms with van der Waals surface area (Å²) in [5, 5.41) is 0. The molecular formula is C9H8F5NOS. The Morgan fingerprint density at radius 1 is 1.24 bits per heavy atom. The first-order chi connectivity index (χ1) is 7.76. The summed E-state index contributed by atoms with van der Waals surface area (Å²) < 4.78 is 65.3. The highest BCUT2D eigenvalue weighted by Crippen LogP contribution is 2.30. The van der Waals surface area contributed by atoms with Crippen molar-refractivity contribution in [1.29, 1.82) is 0 Å². The van der Waals surface area contributed by atoms with E-state index < -0.39 is 29.8 Å². The standard InChI is InChI=1S/C9H8F5NOS/c10-7-4(5(15)3-17)1-2-6(8(7)11)16-9(12,13)14/h1-2,5,17H,3,15H2. The Kier molecular flexibility index (Phi) is 4.21. The Balaban J connectivity index is 3.11. The normalized spacial score (nSPS) is 13.6. The lowest BCUT2D eigenvalue weighted by molar-refractivity contribution is -0.275. The molecule has 2 N–H and O–H groups in total. The van der Waals surface area contributed by atoms with Crippen molar-refractivity contribution >= 4 is 12.6 Å². The molecule has 0 saturated carbocycles. The van der Waals surface area contributed by atoms with E-state index in [-0.39, 0.29) is 11.3 Å². The molecule has 8 heteroatoms. The van der Waals surface area contributed by atoms with Crippen molar-refractivity contribution in [2.45, 2.75) is 12.4 Å². The van der Waals surface area contributed by atoms with Gasteiger partial charge in [-0.25, -0.2) is 4.39 Å². The molecule has 0 heterocycles. The van der Waals surface area contributed by atoms with E-state index in [0.29, 0.717) is 6.07 Å². The molecular weight excluding hydrogens is 265 g/mol. The molecule has 1 atom stereocenters. The van der Waals surface area contributed by atoms with Crippen molar-refractivity contribution in [2.75, 3.05) is 5.75 Å². The van der Waals surface area contributed by atoms with Gasteiger partial charge in [-0.05, 0) is 6.07 Å². The average Bonchev–Trinajstić information content (AvgIpc) is 2.22. The fourth-order valence-electron chi connectivity index (χ4n) is 1.13. The highest BCUT2D eigenvalue weighted by Gasteiger charge is 2.33. The fourth-order valence-corrected chi connectivity index (χ4v) is 1.33. The minimum atomic E-state index is -5.08. The molecule has 0 spiro atoms. The van der Waals surface area contributed by atoms with Gasteiger partial charge in [0.05, 0.1) is 0 Å². The van der Waals surface area contributed by atoms with Crippen LogP contribution < -0.4 is 10.5 Å². The number of rotatable bonds is 3. The molecule has 1 aromatic rings. The predicted molar refractivity (Wildman–Crippen MR) is 53.8 cm³/mol. The SMILES string of the molecule is NC(CS)c1ccc(OC(F)(F)F)c(F)c1F. The predicted octanol–water partition coefficient (Wildman–Crippen LogP) is 2.79. The van der Waals surface area contributed by atoms with E-state index in [1.165, 1.54) is 0 Å². The second-order valence-electron chi connectivity index (χ2n) is 3.12. The zero-order valence-corrected chi connectivity index (χ0v) is 9.16. The van der Waals surface area contributed by atoms with Crippen molar-refractivity contribution in [3.05, 3.63) is 29.3 Å². The minimum Gasteiger partial charge on any atom is -0.403 e. The van der Waals surface area contributed by atoms with E-state index in [4.69, 9.17) is 5.73 Å². The lowest BCUT2D eigenvalue weighted by Crippen LogP contribution is -2.19. The van der Waals surface area contributed by atoms with Crippen LogP contribution in [-0.2, 0) is 0 Å². The molecule has 0 bridgehead atoms. The molecule has 0 amide bonds. The summed E-state index contributed by atoms with van der Waals surface area (Å²) >= 11 is 3.78. The first-order valence-electron chi connectivity index (χ1n) is 4.36. The van der Waals surface area contributed by atoms with Gasteiger partial charge in [0.2, 0.25) is 5.82 Å². The van der Waals surface area contributed by atoms with E-state index in [9.17, 15) is 22.0 Å². The van der Waals surface area contributed by atoms with Crippen LogP contribution in [0.3, 0.4) is 0 Å². The zero-order valence-electron chi connectivity index (χ0n) is 8.26. The van der Waals surface area contributed by atoms with Crippen LogP contribution in [0.25, 0.3) is 0 Å². The molecule has 0 aliphatic carbocycles. The van der Waals surface area contributed by atoms with Crippen LogP contribution in [-0.4, -0.2) is 12.1 Å². The summed E-state index contributed by atoms with van der Waals surface area (Å²) in [5.41, 5.74) is 5.14. The van der Waals surface area contributed by atoms with E-state index >= 15 is 0 Å². The zero-order chi connectivity index (χ0) is 13.2. The van der Waals surface area contributed by atoms with Gasteiger partial charge in [0, 0.05) is 17.4 Å². The number of nitrogens with two attached hydrogens (primary N) is 1. The molecule has 0 fully saturated rings. The third-order valence-electron chi connectivity index (χ3n) is 1.90. The molecule has 96 valence electrons. The molecule has 0 aliphatic heterocycles. The van der Waals surface area contributed by atoms with Gasteiger partial charge in [-0.1, -0.05) is 6.07 Å². The van der Waals surface area contributed by atoms with Crippen molar-refractivity contribution in [1.82, 2.24) is 0 Å². The summed E-state index contributed by atoms with van der Waals surface area (Å²) in [6.07, 6.45) is -5.08. The third kappa shape index (κ3) is 3.47. The van der Waals surface area contributed by atoms with Crippen LogP contribution in [0, 0.1) is 11.6 Å². The lowest BCUT2D eigenvalue weighted by atomic mass is 10.1. The molecule has 1 rings (SSSR count). The summed E-state index contributed by atoms with van der Waals surface area (Å²) in [4.78, 5) is 0. The highest BCUT2D eigenvalue weighted by atomic mass is 32.1. The second-order valence-corrected chi connectivity index (χ2v) is 3.48. The second kappa shape index (κ2) is 5.09. The van der Waals surface area contributed by atoms with E-state index in [1.807, 2.05) is 0 Å². The van der Waals surface area contributed by atoms with Crippen LogP contribution in [0.15, 0.2) is 12.1 Å². The summed E-state index contributed by atoms with van der Waals surface area (Å²) in [6, 6.07) is 0.693. The first kappa shape index (κ1) is 14.0. The van der Waals surface area contributed by atoms with Crippen LogP contribution >= 0.6 is 12.6 Å². The van der Waals surface area contributed by atoms with Gasteiger partial charge in [-0.3, -0.25) is 0 Å². The largest absolute Gasteiger partial charge is 0.573 e. The van der Waals surface area contributed by atoms with Gasteiger partial charge < -0.3 is 10.5 Å². The Morgan fingerprint density at radius 3 is 2.29 bits per heavy atom. The molecule has 17 heavy (non-hydrogen) atoms. The van der Waals surface area contributed by atoms with Crippen molar-refractivity contribution in [3.63, 3.8) is 0 Å². The molecule has 1 aromatic carbocycles. The van der Waals surface area contributed by atoms with Crippen LogP contribution in [0.1, 0.15) is 11.6 Å². The number of hydrogen-bond donors (Lipinski definition) is 2. The molecule has 1 unspecified atom stereocenters. The van der Waals surface area contributed by atoms with Crippen LogP contribution in [0.5, 0.6) is 5.75 Å². The summed E-state index contributed by atoms with van der Waals surface area (Å²) in [6.45, 7) is 0. The number of benzene rings is 1. The Bertz CT molecular complexity index is 409. The highest BCUT2D eigenvalue weighted by molar-refractivity contribution is 7.80. The number of thiol groups is 1. The average molecular weight is 273 g/mol. The third-order valence-corrected chi connectivity index (χ3v) is 2.29. The molecule has 0 radical (unpaired) electrons. The Morgan fingerprint density at radius 2 is 1.82 bits per heavy atom. The summed E-state index contributed by atoms with van der Waals surface area (Å²) in [5.74, 6) is -4.40. The van der Waals surface area contributed by atoms with Crippen molar-refractivity contribution in [3.8, 4) is 5.75 Å². The number of alkyl halides is 3. The fraction of sp³-hybridized carbons (Fsp3) is 0.333. The minimum absolute atomic E-state index is 0.0236. The van der Waals surface area contributed by atoms with Gasteiger partial charge in [-0.15, -0.1) is 13.2 Å². The first-order valence-corrected chi connectivity index (χ1v) is 4.99. The van der Waals surface area contributed by atoms with Gasteiger partial charge in [0.1, 0.15) is 0 Å². The topological polar surface area (TPSA) is 35.2 Å². The van der Waals surface area contributed by atoms with Gasteiger partial charge in [0.15, 0.2) is 11.6 Å². The quantitative estimate of drug-likeness (QED) is 0.656.